The van der Waals surface area contributed by atoms with Crippen molar-refractivity contribution in [3.63, 3.8) is 0 Å². The Balaban J connectivity index is 1.98. The summed E-state index contributed by atoms with van der Waals surface area (Å²) >= 11 is 0. The Kier molecular flexibility index (Phi) is 4.66. The molecule has 0 fully saturated rings. The minimum Gasteiger partial charge on any atom is -0.352 e. The van der Waals surface area contributed by atoms with Gasteiger partial charge >= 0.3 is 0 Å². The molecule has 5 heteroatoms. The third kappa shape index (κ3) is 4.14. The molecule has 0 unspecified atom stereocenters. The predicted octanol–water partition coefficient (Wildman–Crippen LogP) is 2.76. The molecule has 0 saturated heterocycles. The summed E-state index contributed by atoms with van der Waals surface area (Å²) in [5.41, 5.74) is 2.53. The van der Waals surface area contributed by atoms with Crippen LogP contribution in [0.5, 0.6) is 0 Å². The number of nitro benzene ring substituents is 1. The summed E-state index contributed by atoms with van der Waals surface area (Å²) in [6.45, 7) is 2.40. The largest absolute Gasteiger partial charge is 0.352 e. The maximum Gasteiger partial charge on any atom is 0.273 e. The highest BCUT2D eigenvalue weighted by Crippen LogP contribution is 2.18. The van der Waals surface area contributed by atoms with E-state index in [1.807, 2.05) is 31.2 Å². The Labute approximate surface area is 122 Å². The van der Waals surface area contributed by atoms with Gasteiger partial charge < -0.3 is 5.32 Å². The zero-order valence-electron chi connectivity index (χ0n) is 11.7. The number of rotatable bonds is 5. The molecule has 0 bridgehead atoms. The van der Waals surface area contributed by atoms with Crippen molar-refractivity contribution in [3.05, 3.63) is 75.3 Å². The van der Waals surface area contributed by atoms with Gasteiger partial charge in [-0.05, 0) is 12.5 Å². The molecule has 0 heterocycles. The van der Waals surface area contributed by atoms with E-state index >= 15 is 0 Å². The van der Waals surface area contributed by atoms with Crippen molar-refractivity contribution in [2.75, 3.05) is 0 Å². The van der Waals surface area contributed by atoms with Gasteiger partial charge in [-0.2, -0.15) is 0 Å². The predicted molar refractivity (Wildman–Crippen MR) is 79.8 cm³/mol. The Morgan fingerprint density at radius 3 is 2.67 bits per heavy atom. The van der Waals surface area contributed by atoms with Crippen LogP contribution in [0.15, 0.2) is 48.5 Å². The highest BCUT2D eigenvalue weighted by atomic mass is 16.6. The highest BCUT2D eigenvalue weighted by Gasteiger charge is 2.15. The second-order valence-corrected chi connectivity index (χ2v) is 4.83. The molecule has 21 heavy (non-hydrogen) atoms. The molecule has 0 atom stereocenters. The summed E-state index contributed by atoms with van der Waals surface area (Å²) in [4.78, 5) is 22.3. The van der Waals surface area contributed by atoms with Crippen LogP contribution in [0, 0.1) is 17.0 Å². The van der Waals surface area contributed by atoms with Gasteiger partial charge in [-0.25, -0.2) is 0 Å². The molecule has 0 aliphatic rings. The Hall–Kier alpha value is -2.69. The van der Waals surface area contributed by atoms with E-state index in [2.05, 4.69) is 5.32 Å². The molecule has 0 aliphatic heterocycles. The lowest BCUT2D eigenvalue weighted by molar-refractivity contribution is -0.385. The first-order valence-electron chi connectivity index (χ1n) is 6.61. The van der Waals surface area contributed by atoms with Crippen molar-refractivity contribution < 1.29 is 9.72 Å². The first-order valence-corrected chi connectivity index (χ1v) is 6.61. The van der Waals surface area contributed by atoms with E-state index < -0.39 is 4.92 Å². The zero-order valence-corrected chi connectivity index (χ0v) is 11.7. The van der Waals surface area contributed by atoms with Crippen molar-refractivity contribution in [2.45, 2.75) is 19.9 Å². The zero-order chi connectivity index (χ0) is 15.2. The number of para-hydroxylation sites is 1. The van der Waals surface area contributed by atoms with Gasteiger partial charge in [0.05, 0.1) is 11.3 Å². The molecule has 0 saturated carbocycles. The SMILES string of the molecule is Cc1cccc(CNC(=O)Cc2ccccc2[N+](=O)[O-])c1. The van der Waals surface area contributed by atoms with Crippen LogP contribution in [-0.4, -0.2) is 10.8 Å². The molecule has 108 valence electrons. The average molecular weight is 284 g/mol. The van der Waals surface area contributed by atoms with E-state index in [9.17, 15) is 14.9 Å². The van der Waals surface area contributed by atoms with Crippen LogP contribution in [0.3, 0.4) is 0 Å². The van der Waals surface area contributed by atoms with Gasteiger partial charge in [0.2, 0.25) is 5.91 Å². The number of nitro groups is 1. The minimum absolute atomic E-state index is 0.00295. The van der Waals surface area contributed by atoms with Crippen LogP contribution >= 0.6 is 0 Å². The Morgan fingerprint density at radius 1 is 1.19 bits per heavy atom. The van der Waals surface area contributed by atoms with E-state index in [1.165, 1.54) is 6.07 Å². The lowest BCUT2D eigenvalue weighted by Gasteiger charge is -2.06. The summed E-state index contributed by atoms with van der Waals surface area (Å²) in [5, 5.41) is 13.7. The Morgan fingerprint density at radius 2 is 1.95 bits per heavy atom. The first kappa shape index (κ1) is 14.7. The van der Waals surface area contributed by atoms with Crippen LogP contribution in [0.4, 0.5) is 5.69 Å². The number of carbonyl (C=O) groups is 1. The summed E-state index contributed by atoms with van der Waals surface area (Å²) < 4.78 is 0. The van der Waals surface area contributed by atoms with Gasteiger partial charge in [0.15, 0.2) is 0 Å². The van der Waals surface area contributed by atoms with Gasteiger partial charge in [-0.15, -0.1) is 0 Å². The van der Waals surface area contributed by atoms with Crippen LogP contribution in [0.1, 0.15) is 16.7 Å². The highest BCUT2D eigenvalue weighted by molar-refractivity contribution is 5.79. The Bertz CT molecular complexity index is 668. The van der Waals surface area contributed by atoms with Crippen molar-refractivity contribution in [3.8, 4) is 0 Å². The van der Waals surface area contributed by atoms with E-state index in [-0.39, 0.29) is 18.0 Å². The molecular weight excluding hydrogens is 268 g/mol. The van der Waals surface area contributed by atoms with Crippen LogP contribution < -0.4 is 5.32 Å². The second kappa shape index (κ2) is 6.65. The standard InChI is InChI=1S/C16H16N2O3/c1-12-5-4-6-13(9-12)11-17-16(19)10-14-7-2-3-8-15(14)18(20)21/h2-9H,10-11H2,1H3,(H,17,19). The molecule has 2 rings (SSSR count). The number of nitrogens with zero attached hydrogens (tertiary/aromatic N) is 1. The molecule has 1 N–H and O–H groups in total. The van der Waals surface area contributed by atoms with Gasteiger partial charge in [0.1, 0.15) is 0 Å². The first-order chi connectivity index (χ1) is 10.1. The van der Waals surface area contributed by atoms with Crippen LogP contribution in [0.25, 0.3) is 0 Å². The van der Waals surface area contributed by atoms with Gasteiger partial charge in [0, 0.05) is 18.2 Å². The second-order valence-electron chi connectivity index (χ2n) is 4.83. The number of amides is 1. The van der Waals surface area contributed by atoms with E-state index in [4.69, 9.17) is 0 Å². The summed E-state index contributed by atoms with van der Waals surface area (Å²) in [7, 11) is 0. The van der Waals surface area contributed by atoms with Crippen molar-refractivity contribution in [1.82, 2.24) is 5.32 Å². The summed E-state index contributed by atoms with van der Waals surface area (Å²) in [5.74, 6) is -0.231. The maximum absolute atomic E-state index is 11.9. The number of hydrogen-bond acceptors (Lipinski definition) is 3. The molecular formula is C16H16N2O3. The maximum atomic E-state index is 11.9. The number of carbonyl (C=O) groups excluding carboxylic acids is 1. The summed E-state index contributed by atoms with van der Waals surface area (Å²) in [6.07, 6.45) is 0.00295. The molecule has 0 aliphatic carbocycles. The number of hydrogen-bond donors (Lipinski definition) is 1. The third-order valence-corrected chi connectivity index (χ3v) is 3.11. The third-order valence-electron chi connectivity index (χ3n) is 3.11. The molecule has 2 aromatic carbocycles. The van der Waals surface area contributed by atoms with Gasteiger partial charge in [0.25, 0.3) is 5.69 Å². The van der Waals surface area contributed by atoms with Crippen LogP contribution in [0.2, 0.25) is 0 Å². The normalized spacial score (nSPS) is 10.1. The number of aryl methyl sites for hydroxylation is 1. The fourth-order valence-corrected chi connectivity index (χ4v) is 2.10. The van der Waals surface area contributed by atoms with E-state index in [0.717, 1.165) is 11.1 Å². The monoisotopic (exact) mass is 284 g/mol. The lowest BCUT2D eigenvalue weighted by Crippen LogP contribution is -2.24. The average Bonchev–Trinajstić information content (AvgIpc) is 2.45. The molecule has 0 aromatic heterocycles. The van der Waals surface area contributed by atoms with Crippen molar-refractivity contribution in [2.24, 2.45) is 0 Å². The fraction of sp³-hybridized carbons (Fsp3) is 0.188. The minimum atomic E-state index is -0.469. The molecule has 0 radical (unpaired) electrons. The topological polar surface area (TPSA) is 72.2 Å². The molecule has 5 nitrogen and oxygen atoms in total. The number of benzene rings is 2. The fourth-order valence-electron chi connectivity index (χ4n) is 2.10. The van der Waals surface area contributed by atoms with Crippen molar-refractivity contribution >= 4 is 11.6 Å². The van der Waals surface area contributed by atoms with E-state index in [0.29, 0.717) is 12.1 Å². The molecule has 0 spiro atoms. The molecule has 2 aromatic rings. The van der Waals surface area contributed by atoms with Gasteiger partial charge in [-0.1, -0.05) is 48.0 Å². The van der Waals surface area contributed by atoms with Gasteiger partial charge in [-0.3, -0.25) is 14.9 Å². The quantitative estimate of drug-likeness (QED) is 0.677. The lowest BCUT2D eigenvalue weighted by atomic mass is 10.1. The molecule has 1 amide bonds. The van der Waals surface area contributed by atoms with Crippen molar-refractivity contribution in [1.29, 1.82) is 0 Å². The number of nitrogens with one attached hydrogen (secondary N) is 1. The van der Waals surface area contributed by atoms with Crippen LogP contribution in [-0.2, 0) is 17.8 Å². The van der Waals surface area contributed by atoms with E-state index in [1.54, 1.807) is 18.2 Å². The summed E-state index contributed by atoms with van der Waals surface area (Å²) in [6, 6.07) is 14.1. The smallest absolute Gasteiger partial charge is 0.273 e.